The minimum Gasteiger partial charge on any atom is -0.299 e. The van der Waals surface area contributed by atoms with Gasteiger partial charge in [0.2, 0.25) is 0 Å². The van der Waals surface area contributed by atoms with Crippen molar-refractivity contribution in [2.45, 2.75) is 12.8 Å². The molecule has 0 atom stereocenters. The Bertz CT molecular complexity index is 378. The molecular formula is C10H9Cl2NO. The Hall–Kier alpha value is -0.730. The Kier molecular flexibility index (Phi) is 2.66. The summed E-state index contributed by atoms with van der Waals surface area (Å²) in [7, 11) is 0. The molecule has 0 N–H and O–H groups in total. The predicted molar refractivity (Wildman–Crippen MR) is 58.4 cm³/mol. The Balaban J connectivity index is 2.44. The van der Waals surface area contributed by atoms with Gasteiger partial charge in [-0.15, -0.1) is 0 Å². The van der Waals surface area contributed by atoms with Crippen molar-refractivity contribution in [1.29, 1.82) is 0 Å². The molecule has 0 saturated heterocycles. The third-order valence-electron chi connectivity index (χ3n) is 2.37. The lowest BCUT2D eigenvalue weighted by Crippen LogP contribution is -2.31. The monoisotopic (exact) mass is 229 g/mol. The van der Waals surface area contributed by atoms with E-state index in [1.807, 2.05) is 12.1 Å². The van der Waals surface area contributed by atoms with Crippen molar-refractivity contribution >= 4 is 34.3 Å². The van der Waals surface area contributed by atoms with Crippen LogP contribution < -0.4 is 4.90 Å². The number of aryl methyl sites for hydroxylation is 1. The lowest BCUT2D eigenvalue weighted by molar-refractivity contribution is 0.263. The highest BCUT2D eigenvalue weighted by Gasteiger charge is 2.20. The average Bonchev–Trinajstić information content (AvgIpc) is 2.16. The maximum Gasteiger partial charge on any atom is 0.320 e. The largest absolute Gasteiger partial charge is 0.320 e. The van der Waals surface area contributed by atoms with Gasteiger partial charge in [0.25, 0.3) is 0 Å². The zero-order chi connectivity index (χ0) is 10.1. The fraction of sp³-hybridized carbons (Fsp3) is 0.300. The highest BCUT2D eigenvalue weighted by molar-refractivity contribution is 6.66. The number of carbonyl (C=O) groups is 1. The van der Waals surface area contributed by atoms with E-state index in [1.165, 1.54) is 0 Å². The number of fused-ring (bicyclic) bond motifs is 1. The van der Waals surface area contributed by atoms with Crippen LogP contribution in [0.25, 0.3) is 0 Å². The quantitative estimate of drug-likeness (QED) is 0.493. The molecule has 0 aromatic heterocycles. The number of carbonyl (C=O) groups excluding carboxylic acids is 1. The van der Waals surface area contributed by atoms with Crippen molar-refractivity contribution in [3.8, 4) is 0 Å². The van der Waals surface area contributed by atoms with E-state index in [9.17, 15) is 4.79 Å². The predicted octanol–water partition coefficient (Wildman–Crippen LogP) is 3.45. The molecule has 0 fully saturated rings. The molecule has 0 aliphatic carbocycles. The second kappa shape index (κ2) is 3.79. The molecule has 2 rings (SSSR count). The summed E-state index contributed by atoms with van der Waals surface area (Å²) in [5, 5.41) is 0.279. The lowest BCUT2D eigenvalue weighted by atomic mass is 10.0. The van der Waals surface area contributed by atoms with Gasteiger partial charge in [-0.05, 0) is 48.2 Å². The van der Waals surface area contributed by atoms with Crippen LogP contribution in [0.1, 0.15) is 12.0 Å². The van der Waals surface area contributed by atoms with E-state index in [0.29, 0.717) is 11.6 Å². The van der Waals surface area contributed by atoms with Crippen LogP contribution in [0.2, 0.25) is 5.02 Å². The second-order valence-electron chi connectivity index (χ2n) is 3.28. The Labute approximate surface area is 92.4 Å². The summed E-state index contributed by atoms with van der Waals surface area (Å²) >= 11 is 11.3. The zero-order valence-corrected chi connectivity index (χ0v) is 8.98. The van der Waals surface area contributed by atoms with Crippen LogP contribution in [0.5, 0.6) is 0 Å². The summed E-state index contributed by atoms with van der Waals surface area (Å²) < 4.78 is 0. The fourth-order valence-corrected chi connectivity index (χ4v) is 2.12. The molecule has 0 radical (unpaired) electrons. The molecule has 74 valence electrons. The zero-order valence-electron chi connectivity index (χ0n) is 7.46. The highest BCUT2D eigenvalue weighted by atomic mass is 35.5. The Morgan fingerprint density at radius 2 is 2.21 bits per heavy atom. The molecule has 4 heteroatoms. The van der Waals surface area contributed by atoms with Gasteiger partial charge in [0.1, 0.15) is 0 Å². The number of hydrogen-bond donors (Lipinski definition) is 0. The van der Waals surface area contributed by atoms with Gasteiger partial charge in [-0.2, -0.15) is 0 Å². The smallest absolute Gasteiger partial charge is 0.299 e. The molecule has 1 heterocycles. The number of hydrogen-bond acceptors (Lipinski definition) is 1. The summed E-state index contributed by atoms with van der Waals surface area (Å²) in [5.74, 6) is 0. The van der Waals surface area contributed by atoms with E-state index >= 15 is 0 Å². The van der Waals surface area contributed by atoms with Crippen molar-refractivity contribution in [3.63, 3.8) is 0 Å². The molecule has 14 heavy (non-hydrogen) atoms. The third kappa shape index (κ3) is 1.72. The number of rotatable bonds is 0. The van der Waals surface area contributed by atoms with Crippen LogP contribution in [-0.4, -0.2) is 11.9 Å². The second-order valence-corrected chi connectivity index (χ2v) is 4.04. The topological polar surface area (TPSA) is 20.3 Å². The first kappa shape index (κ1) is 9.81. The van der Waals surface area contributed by atoms with Gasteiger partial charge in [-0.25, -0.2) is 0 Å². The van der Waals surface area contributed by atoms with Crippen molar-refractivity contribution in [2.24, 2.45) is 0 Å². The van der Waals surface area contributed by atoms with E-state index in [-0.39, 0.29) is 0 Å². The molecule has 0 saturated carbocycles. The van der Waals surface area contributed by atoms with E-state index in [0.717, 1.165) is 24.1 Å². The molecule has 1 aliphatic rings. The van der Waals surface area contributed by atoms with Gasteiger partial charge in [-0.1, -0.05) is 11.6 Å². The standard InChI is InChI=1S/C10H9Cl2NO/c11-8-3-4-9-7(6-8)2-1-5-13(9)10(12)14/h3-4,6H,1-2,5H2. The van der Waals surface area contributed by atoms with Gasteiger partial charge in [0, 0.05) is 17.3 Å². The molecule has 0 bridgehead atoms. The first-order valence-corrected chi connectivity index (χ1v) is 5.19. The number of anilines is 1. The van der Waals surface area contributed by atoms with E-state index in [1.54, 1.807) is 11.0 Å². The number of benzene rings is 1. The van der Waals surface area contributed by atoms with E-state index in [4.69, 9.17) is 23.2 Å². The van der Waals surface area contributed by atoms with Crippen molar-refractivity contribution in [1.82, 2.24) is 0 Å². The summed E-state index contributed by atoms with van der Waals surface area (Å²) in [6.07, 6.45) is 1.89. The Morgan fingerprint density at radius 3 is 2.93 bits per heavy atom. The third-order valence-corrected chi connectivity index (χ3v) is 2.81. The SMILES string of the molecule is O=C(Cl)N1CCCc2cc(Cl)ccc21. The maximum atomic E-state index is 11.1. The average molecular weight is 230 g/mol. The van der Waals surface area contributed by atoms with Crippen LogP contribution in [0, 0.1) is 0 Å². The van der Waals surface area contributed by atoms with E-state index < -0.39 is 5.37 Å². The van der Waals surface area contributed by atoms with Gasteiger partial charge in [-0.3, -0.25) is 9.69 Å². The fourth-order valence-electron chi connectivity index (χ4n) is 1.75. The lowest BCUT2D eigenvalue weighted by Gasteiger charge is -2.27. The molecule has 2 nitrogen and oxygen atoms in total. The maximum absolute atomic E-state index is 11.1. The highest BCUT2D eigenvalue weighted by Crippen LogP contribution is 2.30. The molecule has 1 aliphatic heterocycles. The first-order chi connectivity index (χ1) is 6.68. The number of halogens is 2. The van der Waals surface area contributed by atoms with E-state index in [2.05, 4.69) is 0 Å². The summed E-state index contributed by atoms with van der Waals surface area (Å²) in [5.41, 5.74) is 1.98. The summed E-state index contributed by atoms with van der Waals surface area (Å²) in [6.45, 7) is 0.691. The number of amides is 1. The van der Waals surface area contributed by atoms with Crippen LogP contribution >= 0.6 is 23.2 Å². The van der Waals surface area contributed by atoms with Crippen LogP contribution in [-0.2, 0) is 6.42 Å². The molecule has 0 spiro atoms. The van der Waals surface area contributed by atoms with Gasteiger partial charge in [0.05, 0.1) is 0 Å². The van der Waals surface area contributed by atoms with Gasteiger partial charge >= 0.3 is 5.37 Å². The Morgan fingerprint density at radius 1 is 1.43 bits per heavy atom. The van der Waals surface area contributed by atoms with Crippen LogP contribution in [0.3, 0.4) is 0 Å². The minimum atomic E-state index is -0.423. The van der Waals surface area contributed by atoms with Crippen molar-refractivity contribution in [3.05, 3.63) is 28.8 Å². The number of nitrogens with zero attached hydrogens (tertiary/aromatic N) is 1. The van der Waals surface area contributed by atoms with Crippen LogP contribution in [0.15, 0.2) is 18.2 Å². The minimum absolute atomic E-state index is 0.423. The first-order valence-electron chi connectivity index (χ1n) is 4.44. The normalized spacial score (nSPS) is 15.1. The van der Waals surface area contributed by atoms with Crippen LogP contribution in [0.4, 0.5) is 10.5 Å². The van der Waals surface area contributed by atoms with Crippen molar-refractivity contribution in [2.75, 3.05) is 11.4 Å². The molecular weight excluding hydrogens is 221 g/mol. The molecule has 1 amide bonds. The van der Waals surface area contributed by atoms with Gasteiger partial charge in [0.15, 0.2) is 0 Å². The summed E-state index contributed by atoms with van der Waals surface area (Å²) in [4.78, 5) is 12.7. The van der Waals surface area contributed by atoms with Crippen molar-refractivity contribution < 1.29 is 4.79 Å². The summed E-state index contributed by atoms with van der Waals surface area (Å²) in [6, 6.07) is 5.51. The molecule has 1 aromatic rings. The molecule has 0 unspecified atom stereocenters. The van der Waals surface area contributed by atoms with Gasteiger partial charge < -0.3 is 0 Å². The molecule has 1 aromatic carbocycles.